The van der Waals surface area contributed by atoms with Crippen LogP contribution in [0.5, 0.6) is 0 Å². The zero-order valence-electron chi connectivity index (χ0n) is 32.7. The van der Waals surface area contributed by atoms with E-state index in [2.05, 4.69) is 34.4 Å². The summed E-state index contributed by atoms with van der Waals surface area (Å²) in [6, 6.07) is 22.8. The number of methoxy groups -OCH3 is 1. The number of hydrogen-bond donors (Lipinski definition) is 4. The molecule has 3 aliphatic heterocycles. The lowest BCUT2D eigenvalue weighted by atomic mass is 9.53. The van der Waals surface area contributed by atoms with E-state index in [-0.39, 0.29) is 29.3 Å². The number of carbonyl (C=O) groups is 2. The van der Waals surface area contributed by atoms with Crippen LogP contribution in [0, 0.1) is 11.2 Å². The monoisotopic (exact) mass is 830 g/mol. The third kappa shape index (κ3) is 6.63. The number of aliphatic hydroxyl groups excluding tert-OH is 2. The van der Waals surface area contributed by atoms with Gasteiger partial charge in [0.05, 0.1) is 43.5 Å². The summed E-state index contributed by atoms with van der Waals surface area (Å²) < 4.78 is 28.7. The zero-order chi connectivity index (χ0) is 41.0. The van der Waals surface area contributed by atoms with E-state index in [1.54, 1.807) is 12.1 Å². The highest BCUT2D eigenvalue weighted by atomic mass is 35.5. The fraction of sp³-hybridized carbons (Fsp3) is 0.444. The molecule has 1 saturated carbocycles. The van der Waals surface area contributed by atoms with Gasteiger partial charge in [-0.2, -0.15) is 0 Å². The predicted octanol–water partition coefficient (Wildman–Crippen LogP) is 7.28. The molecular weight excluding hydrogens is 782 g/mol. The van der Waals surface area contributed by atoms with E-state index >= 15 is 14.0 Å². The molecule has 1 aliphatic carbocycles. The Balaban J connectivity index is 1.45. The number of nitrogens with zero attached hydrogens (tertiary/aromatic N) is 2. The Hall–Kier alpha value is -3.94. The number of rotatable bonds is 9. The van der Waals surface area contributed by atoms with Crippen molar-refractivity contribution in [3.63, 3.8) is 0 Å². The first kappa shape index (κ1) is 40.8. The average Bonchev–Trinajstić information content (AvgIpc) is 3.65. The summed E-state index contributed by atoms with van der Waals surface area (Å²) in [5.41, 5.74) is -0.490. The highest BCUT2D eigenvalue weighted by Crippen LogP contribution is 2.69. The number of nitrogens with one attached hydrogen (secondary N) is 2. The largest absolute Gasteiger partial charge is 0.394 e. The number of aliphatic hydroxyl groups is 2. The van der Waals surface area contributed by atoms with Crippen molar-refractivity contribution >= 4 is 40.7 Å². The number of carbonyl (C=O) groups excluding carboxylic acids is 2. The number of ether oxygens (including phenoxy) is 2. The number of amides is 2. The molecule has 1 unspecified atom stereocenters. The number of anilines is 1. The molecular formula is C45H49Cl2FN4O6. The summed E-state index contributed by atoms with van der Waals surface area (Å²) in [6.07, 6.45) is 1.63. The topological polar surface area (TPSA) is 133 Å². The summed E-state index contributed by atoms with van der Waals surface area (Å²) in [6.45, 7) is 4.22. The van der Waals surface area contributed by atoms with Crippen LogP contribution >= 0.6 is 23.2 Å². The Morgan fingerprint density at radius 2 is 1.71 bits per heavy atom. The maximum Gasteiger partial charge on any atom is 0.238 e. The zero-order valence-corrected chi connectivity index (χ0v) is 34.2. The van der Waals surface area contributed by atoms with Gasteiger partial charge in [-0.25, -0.2) is 9.37 Å². The van der Waals surface area contributed by atoms with Crippen LogP contribution < -0.4 is 10.6 Å². The third-order valence-electron chi connectivity index (χ3n) is 13.4. The molecule has 10 nitrogen and oxygen atoms in total. The maximum atomic E-state index is 17.1. The van der Waals surface area contributed by atoms with Crippen molar-refractivity contribution in [3.8, 4) is 0 Å². The normalized spacial score (nSPS) is 28.6. The van der Waals surface area contributed by atoms with Gasteiger partial charge in [-0.3, -0.25) is 14.5 Å². The van der Waals surface area contributed by atoms with Gasteiger partial charge in [0.1, 0.15) is 11.5 Å². The van der Waals surface area contributed by atoms with Crippen molar-refractivity contribution in [2.45, 2.75) is 99.3 Å². The van der Waals surface area contributed by atoms with Gasteiger partial charge in [0.15, 0.2) is 11.0 Å². The molecule has 0 radical (unpaired) electrons. The molecule has 2 amide bonds. The molecule has 13 heteroatoms. The van der Waals surface area contributed by atoms with Gasteiger partial charge in [-0.1, -0.05) is 104 Å². The highest BCUT2D eigenvalue weighted by Gasteiger charge is 2.77. The minimum absolute atomic E-state index is 0.0563. The Bertz CT molecular complexity index is 2150. The molecule has 2 saturated heterocycles. The molecule has 3 fully saturated rings. The van der Waals surface area contributed by atoms with Gasteiger partial charge in [0.25, 0.3) is 0 Å². The van der Waals surface area contributed by atoms with Crippen LogP contribution in [0.25, 0.3) is 0 Å². The van der Waals surface area contributed by atoms with E-state index < -0.39 is 70.9 Å². The molecule has 8 atom stereocenters. The molecule has 1 aromatic heterocycles. The molecule has 306 valence electrons. The number of hydrogen-bond acceptors (Lipinski definition) is 8. The number of halogens is 3. The first-order chi connectivity index (χ1) is 27.9. The Kier molecular flexibility index (Phi) is 11.2. The first-order valence-corrected chi connectivity index (χ1v) is 20.7. The van der Waals surface area contributed by atoms with Crippen molar-refractivity contribution in [1.29, 1.82) is 0 Å². The molecule has 3 aromatic carbocycles. The second kappa shape index (κ2) is 15.9. The van der Waals surface area contributed by atoms with Crippen LogP contribution in [0.3, 0.4) is 0 Å². The van der Waals surface area contributed by atoms with Gasteiger partial charge >= 0.3 is 0 Å². The number of aromatic nitrogens is 1. The number of benzene rings is 3. The van der Waals surface area contributed by atoms with Gasteiger partial charge in [-0.05, 0) is 78.0 Å². The van der Waals surface area contributed by atoms with Crippen LogP contribution in [-0.4, -0.2) is 82.1 Å². The van der Waals surface area contributed by atoms with Crippen LogP contribution in [-0.2, 0) is 24.5 Å². The molecule has 4 heterocycles. The maximum absolute atomic E-state index is 17.1. The second-order valence-electron chi connectivity index (χ2n) is 17.0. The Morgan fingerprint density at radius 1 is 1.03 bits per heavy atom. The fourth-order valence-electron chi connectivity index (χ4n) is 10.7. The Labute approximate surface area is 348 Å². The van der Waals surface area contributed by atoms with Crippen LogP contribution in [0.2, 0.25) is 10.2 Å². The van der Waals surface area contributed by atoms with E-state index in [1.807, 2.05) is 66.7 Å². The van der Waals surface area contributed by atoms with E-state index in [4.69, 9.17) is 32.7 Å². The van der Waals surface area contributed by atoms with Gasteiger partial charge < -0.3 is 30.3 Å². The van der Waals surface area contributed by atoms with Crippen molar-refractivity contribution in [2.24, 2.45) is 5.41 Å². The quantitative estimate of drug-likeness (QED) is 0.130. The molecule has 58 heavy (non-hydrogen) atoms. The highest BCUT2D eigenvalue weighted by molar-refractivity contribution is 6.31. The summed E-state index contributed by atoms with van der Waals surface area (Å²) in [7, 11) is 1.53. The van der Waals surface area contributed by atoms with Crippen molar-refractivity contribution < 1.29 is 33.7 Å². The fourth-order valence-corrected chi connectivity index (χ4v) is 11.0. The third-order valence-corrected chi connectivity index (χ3v) is 13.9. The minimum atomic E-state index is -1.61. The lowest BCUT2D eigenvalue weighted by Gasteiger charge is -2.56. The van der Waals surface area contributed by atoms with Crippen molar-refractivity contribution in [3.05, 3.63) is 129 Å². The van der Waals surface area contributed by atoms with E-state index in [1.165, 1.54) is 19.4 Å². The number of pyridine rings is 1. The Morgan fingerprint density at radius 3 is 2.36 bits per heavy atom. The van der Waals surface area contributed by atoms with Crippen LogP contribution in [0.4, 0.5) is 10.1 Å². The minimum Gasteiger partial charge on any atom is -0.394 e. The number of likely N-dealkylation sites (tertiary alicyclic amines) is 1. The summed E-state index contributed by atoms with van der Waals surface area (Å²) in [4.78, 5) is 37.6. The number of fused-ring (bicyclic) bond motifs is 3. The van der Waals surface area contributed by atoms with E-state index in [0.717, 1.165) is 0 Å². The molecule has 4 aromatic rings. The first-order valence-electron chi connectivity index (χ1n) is 19.9. The van der Waals surface area contributed by atoms with Crippen molar-refractivity contribution in [2.75, 3.05) is 25.6 Å². The summed E-state index contributed by atoms with van der Waals surface area (Å²) >= 11 is 13.1. The average molecular weight is 832 g/mol. The molecule has 4 N–H and O–H groups in total. The summed E-state index contributed by atoms with van der Waals surface area (Å²) in [5.74, 6) is -2.91. The van der Waals surface area contributed by atoms with Gasteiger partial charge in [0, 0.05) is 35.5 Å². The van der Waals surface area contributed by atoms with Gasteiger partial charge in [0.2, 0.25) is 11.8 Å². The SMILES string of the molecule is CO[C@H]1C[C@@H](NC(=O)[C@H]2[C@H](c3ccnc(Cl)c3F)C3(C(=O)Nc4cc(Cl)ccc43)C3(CCC(C)(C)CC3)N2[C@H](c2ccccc2)[C@@H](O)c2ccccc2)CO[C@@H]1CO. The lowest BCUT2D eigenvalue weighted by Crippen LogP contribution is -2.64. The predicted molar refractivity (Wildman–Crippen MR) is 219 cm³/mol. The molecule has 0 bridgehead atoms. The standard InChI is InChI=1S/C45H49Cl2FN4O6/c1-43(2)17-19-44(20-18-43)45(31-15-14-28(46)22-32(31)51-42(45)56)35(30-16-21-49-40(47)36(30)48)38(41(55)50-29-23-33(57-3)34(24-53)58-25-29)52(44)37(26-10-6-4-7-11-26)39(54)27-12-8-5-9-13-27/h4-16,21-22,29,33-35,37-39,53-54H,17-20,23-25H2,1-3H3,(H,50,55)(H,51,56)/t29-,33+,34-,35+,37-,38-,39+,45?/m1/s1. The van der Waals surface area contributed by atoms with Crippen molar-refractivity contribution in [1.82, 2.24) is 15.2 Å². The lowest BCUT2D eigenvalue weighted by molar-refractivity contribution is -0.142. The smallest absolute Gasteiger partial charge is 0.238 e. The van der Waals surface area contributed by atoms with E-state index in [0.29, 0.717) is 59.5 Å². The molecule has 2 spiro atoms. The molecule has 4 aliphatic rings. The van der Waals surface area contributed by atoms with E-state index in [9.17, 15) is 10.2 Å². The van der Waals surface area contributed by atoms with Crippen LogP contribution in [0.15, 0.2) is 91.1 Å². The van der Waals surface area contributed by atoms with Gasteiger partial charge in [-0.15, -0.1) is 0 Å². The summed E-state index contributed by atoms with van der Waals surface area (Å²) in [5, 5.41) is 29.3. The molecule has 8 rings (SSSR count). The second-order valence-corrected chi connectivity index (χ2v) is 17.8. The van der Waals surface area contributed by atoms with Crippen LogP contribution in [0.1, 0.15) is 86.3 Å².